The predicted molar refractivity (Wildman–Crippen MR) is 92.7 cm³/mol. The van der Waals surface area contributed by atoms with E-state index in [1.165, 1.54) is 0 Å². The van der Waals surface area contributed by atoms with Crippen LogP contribution in [0.5, 0.6) is 11.5 Å². The first-order valence-electron chi connectivity index (χ1n) is 7.87. The van der Waals surface area contributed by atoms with Crippen molar-refractivity contribution in [1.29, 1.82) is 0 Å². The van der Waals surface area contributed by atoms with Crippen molar-refractivity contribution >= 4 is 11.9 Å². The summed E-state index contributed by atoms with van der Waals surface area (Å²) < 4.78 is 15.7. The molecule has 0 radical (unpaired) electrons. The number of benzene rings is 2. The van der Waals surface area contributed by atoms with E-state index in [0.29, 0.717) is 18.1 Å². The Hall–Kier alpha value is -2.86. The van der Waals surface area contributed by atoms with Gasteiger partial charge in [-0.3, -0.25) is 4.79 Å². The lowest BCUT2D eigenvalue weighted by Crippen LogP contribution is -2.38. The van der Waals surface area contributed by atoms with E-state index in [0.717, 1.165) is 0 Å². The number of hydrogen-bond donors (Lipinski definition) is 1. The first-order valence-corrected chi connectivity index (χ1v) is 7.87. The number of para-hydroxylation sites is 2. The molecule has 0 saturated carbocycles. The van der Waals surface area contributed by atoms with Crippen molar-refractivity contribution in [2.24, 2.45) is 0 Å². The fourth-order valence-electron chi connectivity index (χ4n) is 2.16. The van der Waals surface area contributed by atoms with Crippen LogP contribution in [-0.4, -0.2) is 38.2 Å². The number of esters is 1. The zero-order valence-electron chi connectivity index (χ0n) is 14.2. The van der Waals surface area contributed by atoms with Crippen LogP contribution in [0, 0.1) is 0 Å². The normalized spacial score (nSPS) is 11.4. The van der Waals surface area contributed by atoms with Gasteiger partial charge in [0.05, 0.1) is 6.61 Å². The highest BCUT2D eigenvalue weighted by Gasteiger charge is 2.16. The Morgan fingerprint density at radius 2 is 1.72 bits per heavy atom. The number of methoxy groups -OCH3 is 1. The van der Waals surface area contributed by atoms with Gasteiger partial charge >= 0.3 is 5.97 Å². The minimum atomic E-state index is -0.624. The van der Waals surface area contributed by atoms with Gasteiger partial charge in [0.2, 0.25) is 0 Å². The maximum atomic E-state index is 12.3. The fourth-order valence-corrected chi connectivity index (χ4v) is 2.16. The Morgan fingerprint density at radius 3 is 2.44 bits per heavy atom. The van der Waals surface area contributed by atoms with E-state index in [2.05, 4.69) is 5.32 Å². The van der Waals surface area contributed by atoms with E-state index >= 15 is 0 Å². The first kappa shape index (κ1) is 18.5. The predicted octanol–water partition coefficient (Wildman–Crippen LogP) is 2.79. The molecule has 132 valence electrons. The summed E-state index contributed by atoms with van der Waals surface area (Å²) >= 11 is 0. The maximum absolute atomic E-state index is 12.3. The summed E-state index contributed by atoms with van der Waals surface area (Å²) in [7, 11) is 1.55. The van der Waals surface area contributed by atoms with Crippen LogP contribution in [0.1, 0.15) is 17.3 Å². The van der Waals surface area contributed by atoms with Crippen LogP contribution in [0.25, 0.3) is 0 Å². The lowest BCUT2D eigenvalue weighted by Gasteiger charge is -2.13. The number of carbonyl (C=O) groups is 2. The lowest BCUT2D eigenvalue weighted by atomic mass is 10.2. The number of amides is 1. The standard InChI is InChI=1S/C19H21NO5/c1-14(12-23-2)20-18(21)13-24-19(22)16-10-6-7-11-17(16)25-15-8-4-3-5-9-15/h3-11,14H,12-13H2,1-2H3,(H,20,21). The molecule has 2 rings (SSSR count). The van der Waals surface area contributed by atoms with Gasteiger partial charge in [-0.1, -0.05) is 30.3 Å². The van der Waals surface area contributed by atoms with Gasteiger partial charge in [-0.25, -0.2) is 4.79 Å². The number of nitrogens with one attached hydrogen (secondary N) is 1. The average molecular weight is 343 g/mol. The summed E-state index contributed by atoms with van der Waals surface area (Å²) in [6.07, 6.45) is 0. The number of carbonyl (C=O) groups excluding carboxylic acids is 2. The van der Waals surface area contributed by atoms with Crippen LogP contribution in [-0.2, 0) is 14.3 Å². The van der Waals surface area contributed by atoms with Crippen molar-refractivity contribution in [1.82, 2.24) is 5.32 Å². The summed E-state index contributed by atoms with van der Waals surface area (Å²) in [4.78, 5) is 24.0. The smallest absolute Gasteiger partial charge is 0.342 e. The van der Waals surface area contributed by atoms with Crippen molar-refractivity contribution in [3.63, 3.8) is 0 Å². The van der Waals surface area contributed by atoms with Crippen molar-refractivity contribution in [3.8, 4) is 11.5 Å². The summed E-state index contributed by atoms with van der Waals surface area (Å²) in [6.45, 7) is 1.81. The molecule has 0 saturated heterocycles. The van der Waals surface area contributed by atoms with Gasteiger partial charge in [-0.15, -0.1) is 0 Å². The summed E-state index contributed by atoms with van der Waals surface area (Å²) in [6, 6.07) is 15.7. The first-order chi connectivity index (χ1) is 12.1. The van der Waals surface area contributed by atoms with Crippen LogP contribution >= 0.6 is 0 Å². The molecule has 1 amide bonds. The van der Waals surface area contributed by atoms with Crippen LogP contribution in [0.15, 0.2) is 54.6 Å². The molecule has 0 fully saturated rings. The van der Waals surface area contributed by atoms with Gasteiger partial charge in [0.1, 0.15) is 17.1 Å². The van der Waals surface area contributed by atoms with E-state index in [-0.39, 0.29) is 24.1 Å². The van der Waals surface area contributed by atoms with Crippen molar-refractivity contribution in [2.75, 3.05) is 20.3 Å². The third-order valence-electron chi connectivity index (χ3n) is 3.24. The van der Waals surface area contributed by atoms with Gasteiger partial charge in [0, 0.05) is 13.2 Å². The second-order valence-corrected chi connectivity index (χ2v) is 5.41. The van der Waals surface area contributed by atoms with Crippen LogP contribution in [0.4, 0.5) is 0 Å². The quantitative estimate of drug-likeness (QED) is 0.746. The molecule has 0 aliphatic rings. The minimum absolute atomic E-state index is 0.162. The van der Waals surface area contributed by atoms with E-state index in [9.17, 15) is 9.59 Å². The molecular weight excluding hydrogens is 322 g/mol. The number of ether oxygens (including phenoxy) is 3. The Kier molecular flexibility index (Phi) is 6.98. The Labute approximate surface area is 146 Å². The molecule has 2 aromatic rings. The summed E-state index contributed by atoms with van der Waals surface area (Å²) in [5.74, 6) is -0.0406. The molecule has 1 atom stereocenters. The molecule has 6 heteroatoms. The lowest BCUT2D eigenvalue weighted by molar-refractivity contribution is -0.125. The Balaban J connectivity index is 1.96. The maximum Gasteiger partial charge on any atom is 0.342 e. The van der Waals surface area contributed by atoms with E-state index < -0.39 is 5.97 Å². The van der Waals surface area contributed by atoms with Crippen LogP contribution in [0.3, 0.4) is 0 Å². The van der Waals surface area contributed by atoms with Crippen molar-refractivity contribution < 1.29 is 23.8 Å². The minimum Gasteiger partial charge on any atom is -0.456 e. The third kappa shape index (κ3) is 5.93. The van der Waals surface area contributed by atoms with E-state index in [1.807, 2.05) is 18.2 Å². The fraction of sp³-hybridized carbons (Fsp3) is 0.263. The number of hydrogen-bond acceptors (Lipinski definition) is 5. The zero-order valence-corrected chi connectivity index (χ0v) is 14.2. The SMILES string of the molecule is COCC(C)NC(=O)COC(=O)c1ccccc1Oc1ccccc1. The molecule has 0 spiro atoms. The van der Waals surface area contributed by atoms with Gasteiger partial charge < -0.3 is 19.5 Å². The zero-order chi connectivity index (χ0) is 18.1. The molecule has 2 aromatic carbocycles. The van der Waals surface area contributed by atoms with Gasteiger partial charge in [0.25, 0.3) is 5.91 Å². The molecule has 0 bridgehead atoms. The highest BCUT2D eigenvalue weighted by Crippen LogP contribution is 2.25. The molecule has 0 aliphatic carbocycles. The molecule has 25 heavy (non-hydrogen) atoms. The summed E-state index contributed by atoms with van der Waals surface area (Å²) in [5.41, 5.74) is 0.254. The highest BCUT2D eigenvalue weighted by atomic mass is 16.5. The number of rotatable bonds is 8. The van der Waals surface area contributed by atoms with Crippen molar-refractivity contribution in [3.05, 3.63) is 60.2 Å². The van der Waals surface area contributed by atoms with Gasteiger partial charge in [-0.05, 0) is 31.2 Å². The Bertz CT molecular complexity index is 702. The second kappa shape index (κ2) is 9.44. The molecule has 0 aromatic heterocycles. The molecule has 6 nitrogen and oxygen atoms in total. The second-order valence-electron chi connectivity index (χ2n) is 5.41. The van der Waals surface area contributed by atoms with Crippen LogP contribution in [0.2, 0.25) is 0 Å². The highest BCUT2D eigenvalue weighted by molar-refractivity contribution is 5.94. The van der Waals surface area contributed by atoms with E-state index in [4.69, 9.17) is 14.2 Å². The topological polar surface area (TPSA) is 73.9 Å². The van der Waals surface area contributed by atoms with E-state index in [1.54, 1.807) is 50.4 Å². The third-order valence-corrected chi connectivity index (χ3v) is 3.24. The molecule has 1 N–H and O–H groups in total. The van der Waals surface area contributed by atoms with Gasteiger partial charge in [0.15, 0.2) is 6.61 Å². The summed E-state index contributed by atoms with van der Waals surface area (Å²) in [5, 5.41) is 2.67. The average Bonchev–Trinajstić information content (AvgIpc) is 2.61. The Morgan fingerprint density at radius 1 is 1.04 bits per heavy atom. The molecule has 0 aliphatic heterocycles. The monoisotopic (exact) mass is 343 g/mol. The molecular formula is C19H21NO5. The largest absolute Gasteiger partial charge is 0.456 e. The molecule has 1 unspecified atom stereocenters. The molecule has 0 heterocycles. The van der Waals surface area contributed by atoms with Gasteiger partial charge in [-0.2, -0.15) is 0 Å². The van der Waals surface area contributed by atoms with Crippen molar-refractivity contribution in [2.45, 2.75) is 13.0 Å². The van der Waals surface area contributed by atoms with Crippen LogP contribution < -0.4 is 10.1 Å².